The van der Waals surface area contributed by atoms with Crippen molar-refractivity contribution >= 4 is 17.5 Å². The molecule has 0 N–H and O–H groups in total. The fourth-order valence-corrected chi connectivity index (χ4v) is 2.80. The van der Waals surface area contributed by atoms with Crippen molar-refractivity contribution in [1.29, 1.82) is 0 Å². The number of ether oxygens (including phenoxy) is 2. The van der Waals surface area contributed by atoms with Gasteiger partial charge in [0.2, 0.25) is 0 Å². The SMILES string of the molecule is COc1ccc(/C=C/C(=O)c2ccc(OC(F)F)cc2)cc1Cn1cc([N+](=O)[O-])cn1. The van der Waals surface area contributed by atoms with Crippen molar-refractivity contribution in [3.05, 3.63) is 87.7 Å². The number of nitro groups is 1. The lowest BCUT2D eigenvalue weighted by atomic mass is 10.1. The number of carbonyl (C=O) groups is 1. The minimum atomic E-state index is -2.93. The number of hydrogen-bond donors (Lipinski definition) is 0. The molecule has 0 saturated carbocycles. The molecule has 0 spiro atoms. The highest BCUT2D eigenvalue weighted by Gasteiger charge is 2.11. The number of halogens is 2. The smallest absolute Gasteiger partial charge is 0.387 e. The maximum absolute atomic E-state index is 12.3. The molecule has 0 aliphatic heterocycles. The second kappa shape index (κ2) is 9.61. The maximum atomic E-state index is 12.3. The van der Waals surface area contributed by atoms with Gasteiger partial charge in [-0.25, -0.2) is 0 Å². The van der Waals surface area contributed by atoms with Crippen LogP contribution in [0, 0.1) is 10.1 Å². The molecule has 0 radical (unpaired) electrons. The van der Waals surface area contributed by atoms with Crippen LogP contribution in [-0.2, 0) is 6.54 Å². The molecule has 2 aromatic carbocycles. The van der Waals surface area contributed by atoms with Crippen LogP contribution in [0.1, 0.15) is 21.5 Å². The first-order valence-electron chi connectivity index (χ1n) is 8.97. The van der Waals surface area contributed by atoms with E-state index in [4.69, 9.17) is 4.74 Å². The van der Waals surface area contributed by atoms with E-state index in [1.165, 1.54) is 48.3 Å². The Bertz CT molecular complexity index is 1110. The van der Waals surface area contributed by atoms with Crippen molar-refractivity contribution in [2.75, 3.05) is 7.11 Å². The molecule has 0 saturated heterocycles. The Labute approximate surface area is 175 Å². The molecule has 0 fully saturated rings. The molecular weight excluding hydrogens is 412 g/mol. The van der Waals surface area contributed by atoms with Gasteiger partial charge in [0.1, 0.15) is 23.9 Å². The first kappa shape index (κ1) is 21.6. The van der Waals surface area contributed by atoms with Crippen LogP contribution in [0.3, 0.4) is 0 Å². The molecule has 31 heavy (non-hydrogen) atoms. The summed E-state index contributed by atoms with van der Waals surface area (Å²) in [6.45, 7) is -2.70. The Morgan fingerprint density at radius 3 is 2.61 bits per heavy atom. The summed E-state index contributed by atoms with van der Waals surface area (Å²) in [5, 5.41) is 14.8. The van der Waals surface area contributed by atoms with Crippen LogP contribution in [0.25, 0.3) is 6.08 Å². The molecule has 10 heteroatoms. The zero-order valence-electron chi connectivity index (χ0n) is 16.3. The molecule has 0 atom stereocenters. The summed E-state index contributed by atoms with van der Waals surface area (Å²) in [4.78, 5) is 22.6. The predicted octanol–water partition coefficient (Wildman–Crippen LogP) is 4.35. The van der Waals surface area contributed by atoms with E-state index in [1.54, 1.807) is 24.3 Å². The first-order chi connectivity index (χ1) is 14.9. The summed E-state index contributed by atoms with van der Waals surface area (Å²) in [6, 6.07) is 10.6. The van der Waals surface area contributed by atoms with E-state index in [-0.39, 0.29) is 23.8 Å². The molecule has 8 nitrogen and oxygen atoms in total. The molecular formula is C21H17F2N3O5. The molecule has 3 rings (SSSR count). The number of benzene rings is 2. The van der Waals surface area contributed by atoms with E-state index in [9.17, 15) is 23.7 Å². The van der Waals surface area contributed by atoms with Crippen LogP contribution in [-0.4, -0.2) is 34.2 Å². The van der Waals surface area contributed by atoms with Gasteiger partial charge in [0, 0.05) is 11.1 Å². The summed E-state index contributed by atoms with van der Waals surface area (Å²) >= 11 is 0. The van der Waals surface area contributed by atoms with Crippen molar-refractivity contribution in [3.63, 3.8) is 0 Å². The van der Waals surface area contributed by atoms with Crippen molar-refractivity contribution in [2.24, 2.45) is 0 Å². The van der Waals surface area contributed by atoms with E-state index in [0.29, 0.717) is 22.4 Å². The lowest BCUT2D eigenvalue weighted by Crippen LogP contribution is -2.03. The molecule has 3 aromatic rings. The van der Waals surface area contributed by atoms with Gasteiger partial charge < -0.3 is 9.47 Å². The Morgan fingerprint density at radius 2 is 2.00 bits per heavy atom. The Balaban J connectivity index is 1.74. The predicted molar refractivity (Wildman–Crippen MR) is 107 cm³/mol. The van der Waals surface area contributed by atoms with Gasteiger partial charge in [-0.2, -0.15) is 13.9 Å². The lowest BCUT2D eigenvalue weighted by molar-refractivity contribution is -0.385. The van der Waals surface area contributed by atoms with E-state index < -0.39 is 11.5 Å². The zero-order valence-corrected chi connectivity index (χ0v) is 16.3. The fourth-order valence-electron chi connectivity index (χ4n) is 2.80. The van der Waals surface area contributed by atoms with Crippen LogP contribution in [0.4, 0.5) is 14.5 Å². The molecule has 0 aliphatic rings. The first-order valence-corrected chi connectivity index (χ1v) is 8.97. The average molecular weight is 429 g/mol. The molecule has 1 aromatic heterocycles. The minimum Gasteiger partial charge on any atom is -0.496 e. The number of hydrogen-bond acceptors (Lipinski definition) is 6. The molecule has 0 aliphatic carbocycles. The van der Waals surface area contributed by atoms with Crippen molar-refractivity contribution in [1.82, 2.24) is 9.78 Å². The highest BCUT2D eigenvalue weighted by atomic mass is 19.3. The molecule has 1 heterocycles. The monoisotopic (exact) mass is 429 g/mol. The standard InChI is InChI=1S/C21H17F2N3O5/c1-30-20-9-3-14(10-16(20)12-25-13-17(11-24-25)26(28)29)2-8-19(27)15-4-6-18(7-5-15)31-21(22)23/h2-11,13,21H,12H2,1H3/b8-2+. The van der Waals surface area contributed by atoms with E-state index >= 15 is 0 Å². The van der Waals surface area contributed by atoms with Crippen LogP contribution in [0.2, 0.25) is 0 Å². The number of carbonyl (C=O) groups excluding carboxylic acids is 1. The van der Waals surface area contributed by atoms with Gasteiger partial charge in [0.15, 0.2) is 5.78 Å². The lowest BCUT2D eigenvalue weighted by Gasteiger charge is -2.09. The summed E-state index contributed by atoms with van der Waals surface area (Å²) in [6.07, 6.45) is 5.42. The van der Waals surface area contributed by atoms with Crippen LogP contribution < -0.4 is 9.47 Å². The highest BCUT2D eigenvalue weighted by Crippen LogP contribution is 2.23. The van der Waals surface area contributed by atoms with E-state index in [1.807, 2.05) is 0 Å². The Hall–Kier alpha value is -4.08. The third-order valence-electron chi connectivity index (χ3n) is 4.26. The van der Waals surface area contributed by atoms with Crippen LogP contribution in [0.15, 0.2) is 60.9 Å². The number of alkyl halides is 2. The number of allylic oxidation sites excluding steroid dienone is 1. The summed E-state index contributed by atoms with van der Waals surface area (Å²) in [5.41, 5.74) is 1.60. The van der Waals surface area contributed by atoms with Gasteiger partial charge >= 0.3 is 12.3 Å². The number of rotatable bonds is 9. The average Bonchev–Trinajstić information content (AvgIpc) is 3.21. The van der Waals surface area contributed by atoms with Gasteiger partial charge in [0.05, 0.1) is 18.6 Å². The minimum absolute atomic E-state index is 0.0332. The normalized spacial score (nSPS) is 11.1. The Kier molecular flexibility index (Phi) is 6.71. The number of methoxy groups -OCH3 is 1. The van der Waals surface area contributed by atoms with Gasteiger partial charge in [0.25, 0.3) is 0 Å². The van der Waals surface area contributed by atoms with Crippen molar-refractivity contribution in [3.8, 4) is 11.5 Å². The summed E-state index contributed by atoms with van der Waals surface area (Å²) in [7, 11) is 1.50. The second-order valence-electron chi connectivity index (χ2n) is 6.32. The topological polar surface area (TPSA) is 96.5 Å². The van der Waals surface area contributed by atoms with E-state index in [0.717, 1.165) is 6.20 Å². The largest absolute Gasteiger partial charge is 0.496 e. The second-order valence-corrected chi connectivity index (χ2v) is 6.32. The third kappa shape index (κ3) is 5.72. The molecule has 0 bridgehead atoms. The quantitative estimate of drug-likeness (QED) is 0.217. The zero-order chi connectivity index (χ0) is 22.4. The van der Waals surface area contributed by atoms with E-state index in [2.05, 4.69) is 9.84 Å². The number of aromatic nitrogens is 2. The molecule has 0 amide bonds. The van der Waals surface area contributed by atoms with Gasteiger partial charge in [-0.3, -0.25) is 19.6 Å². The van der Waals surface area contributed by atoms with Crippen LogP contribution >= 0.6 is 0 Å². The fraction of sp³-hybridized carbons (Fsp3) is 0.143. The van der Waals surface area contributed by atoms with Gasteiger partial charge in [-0.15, -0.1) is 0 Å². The molecule has 0 unspecified atom stereocenters. The third-order valence-corrected chi connectivity index (χ3v) is 4.26. The van der Waals surface area contributed by atoms with Crippen LogP contribution in [0.5, 0.6) is 11.5 Å². The van der Waals surface area contributed by atoms with Crippen molar-refractivity contribution in [2.45, 2.75) is 13.2 Å². The summed E-state index contributed by atoms with van der Waals surface area (Å²) < 4.78 is 35.4. The number of nitrogens with zero attached hydrogens (tertiary/aromatic N) is 3. The maximum Gasteiger partial charge on any atom is 0.387 e. The van der Waals surface area contributed by atoms with Gasteiger partial charge in [-0.05, 0) is 48.0 Å². The van der Waals surface area contributed by atoms with Gasteiger partial charge in [-0.1, -0.05) is 12.1 Å². The summed E-state index contributed by atoms with van der Waals surface area (Å²) in [5.74, 6) is 0.217. The molecule has 160 valence electrons. The van der Waals surface area contributed by atoms with Crippen molar-refractivity contribution < 1.29 is 28.0 Å². The number of ketones is 1. The Morgan fingerprint density at radius 1 is 1.26 bits per heavy atom. The highest BCUT2D eigenvalue weighted by molar-refractivity contribution is 6.06.